The molecule has 5 aromatic rings. The van der Waals surface area contributed by atoms with Crippen molar-refractivity contribution >= 4 is 101 Å². The number of benzene rings is 5. The van der Waals surface area contributed by atoms with Gasteiger partial charge in [0.05, 0.1) is 28.4 Å². The monoisotopic (exact) mass is 1770 g/mol. The van der Waals surface area contributed by atoms with E-state index in [2.05, 4.69) is 43.8 Å². The molecule has 0 aromatic heterocycles. The predicted molar refractivity (Wildman–Crippen MR) is 461 cm³/mol. The van der Waals surface area contributed by atoms with E-state index in [1.807, 2.05) is 108 Å². The summed E-state index contributed by atoms with van der Waals surface area (Å²) < 4.78 is 111. The highest BCUT2D eigenvalue weighted by molar-refractivity contribution is 7.86. The number of carboxylic acids is 3. The zero-order valence-electron chi connectivity index (χ0n) is 69.0. The number of hydrogen-bond donors (Lipinski definition) is 14. The molecule has 2 aliphatic heterocycles. The average molecular weight is 1770 g/mol. The molecule has 8 amide bonds. The summed E-state index contributed by atoms with van der Waals surface area (Å²) in [5.74, 6) is -9.19. The molecule has 2 heterocycles. The van der Waals surface area contributed by atoms with Gasteiger partial charge in [0.25, 0.3) is 30.4 Å². The average Bonchev–Trinajstić information content (AvgIpc) is 1.59. The third kappa shape index (κ3) is 30.7. The molecule has 1 unspecified atom stereocenters. The molecule has 3 aliphatic rings. The van der Waals surface area contributed by atoms with Gasteiger partial charge in [0.15, 0.2) is 5.71 Å². The number of rotatable bonds is 45. The number of nitrogens with zero attached hydrogens (tertiary/aromatic N) is 2. The number of carboxylic acid groups (broad SMARTS) is 3. The van der Waals surface area contributed by atoms with Gasteiger partial charge >= 0.3 is 23.9 Å². The van der Waals surface area contributed by atoms with Crippen LogP contribution in [0.1, 0.15) is 120 Å². The number of hydrogen-bond acceptors (Lipinski definition) is 18. The molecule has 0 spiro atoms. The lowest BCUT2D eigenvalue weighted by Crippen LogP contribution is -2.56. The van der Waals surface area contributed by atoms with Crippen molar-refractivity contribution in [3.05, 3.63) is 245 Å². The van der Waals surface area contributed by atoms with E-state index in [1.54, 1.807) is 91.0 Å². The standard InChI is InChI=1S/C88H106N10O23S3/c1-59-23-9-8-18-50-97(51-21-53-122(112,113)114)75(44-36-64-31-19-30-63(80(64)121-65-37-39-66(40-38-65)124(118,119)120)35-43-74-87(2,3)67-32-16-17-33-73(67)98(74)52-22-54-123(115,116)117)88(59,4)47-20-34-76(99)93-72(57-62-28-14-7-15-29-62)83(106)94-71(56-61-26-12-6-13-27-61)82(105)91-58-78(101)89-48-49-90-81(104)70(55-60-24-10-5-11-25-60)92-77(100)45-41-68(84(107)108)95-86(111)96-69(85(109)110)42-46-79(102)103/h5-18,23-29,32-33,35-40,43-44,68-72H,1,19-22,30-31,34,41-42,45-58H2,2-4H3,(H13-,89,90,91,92,93,94,95,96,99,100,101,102,103,104,105,106,107,108,109,110,111,112,113,114,115,116,117,118,119,120)/p+1/b18-8-,23-9-/t68-,69-,70-,71-,72-,88?/m0/s1. The molecule has 1 aliphatic carbocycles. The van der Waals surface area contributed by atoms with Crippen molar-refractivity contribution < 1.29 is 111 Å². The van der Waals surface area contributed by atoms with E-state index in [0.717, 1.165) is 22.5 Å². The number of aliphatic carboxylic acids is 3. The fourth-order valence-electron chi connectivity index (χ4n) is 14.6. The molecule has 0 saturated heterocycles. The lowest BCUT2D eigenvalue weighted by atomic mass is 9.74. The quantitative estimate of drug-likeness (QED) is 0.0103. The van der Waals surface area contributed by atoms with Crippen molar-refractivity contribution in [1.82, 2.24) is 47.4 Å². The van der Waals surface area contributed by atoms with E-state index in [0.29, 0.717) is 58.6 Å². The van der Waals surface area contributed by atoms with Gasteiger partial charge in [-0.05, 0) is 135 Å². The molecule has 0 bridgehead atoms. The Morgan fingerprint density at radius 1 is 0.556 bits per heavy atom. The van der Waals surface area contributed by atoms with Crippen molar-refractivity contribution in [2.75, 3.05) is 50.8 Å². The summed E-state index contributed by atoms with van der Waals surface area (Å²) in [4.78, 5) is 133. The highest BCUT2D eigenvalue weighted by Crippen LogP contribution is 2.45. The summed E-state index contributed by atoms with van der Waals surface area (Å²) in [5.41, 5.74) is 5.51. The van der Waals surface area contributed by atoms with Crippen LogP contribution in [0, 0.1) is 5.41 Å². The molecule has 664 valence electrons. The summed E-state index contributed by atoms with van der Waals surface area (Å²) in [6, 6.07) is 30.5. The van der Waals surface area contributed by atoms with Crippen LogP contribution >= 0.6 is 0 Å². The van der Waals surface area contributed by atoms with Crippen LogP contribution in [0.2, 0.25) is 0 Å². The second-order valence-electron chi connectivity index (χ2n) is 30.8. The molecule has 0 saturated carbocycles. The smallest absolute Gasteiger partial charge is 0.326 e. The fraction of sp³-hybridized carbons (Fsp3) is 0.375. The van der Waals surface area contributed by atoms with E-state index in [-0.39, 0.29) is 94.7 Å². The Morgan fingerprint density at radius 3 is 1.66 bits per heavy atom. The third-order valence-corrected chi connectivity index (χ3v) is 23.6. The third-order valence-electron chi connectivity index (χ3n) is 21.1. The normalized spacial score (nSPS) is 17.7. The van der Waals surface area contributed by atoms with E-state index in [1.165, 1.54) is 24.3 Å². The Labute approximate surface area is 720 Å². The van der Waals surface area contributed by atoms with Gasteiger partial charge in [-0.25, -0.2) is 14.4 Å². The number of nitrogens with one attached hydrogen (secondary N) is 8. The Balaban J connectivity index is 0.989. The van der Waals surface area contributed by atoms with Crippen LogP contribution in [0.25, 0.3) is 0 Å². The van der Waals surface area contributed by atoms with E-state index < -0.39 is 175 Å². The molecular formula is C88H107N10O23S3+. The van der Waals surface area contributed by atoms with Crippen LogP contribution in [0.15, 0.2) is 228 Å². The van der Waals surface area contributed by atoms with Gasteiger partial charge < -0.3 is 67.5 Å². The van der Waals surface area contributed by atoms with Crippen LogP contribution in [0.5, 0.6) is 5.75 Å². The van der Waals surface area contributed by atoms with Crippen LogP contribution in [0.4, 0.5) is 10.5 Å². The molecule has 36 heteroatoms. The van der Waals surface area contributed by atoms with E-state index in [4.69, 9.17) is 9.84 Å². The Kier molecular flexibility index (Phi) is 35.9. The fourth-order valence-corrected chi connectivity index (χ4v) is 16.1. The van der Waals surface area contributed by atoms with Crippen LogP contribution < -0.4 is 47.3 Å². The highest BCUT2D eigenvalue weighted by atomic mass is 32.2. The summed E-state index contributed by atoms with van der Waals surface area (Å²) in [6.45, 7) is 10.2. The lowest BCUT2D eigenvalue weighted by Gasteiger charge is -2.40. The minimum Gasteiger partial charge on any atom is -0.481 e. The molecule has 8 rings (SSSR count). The number of allylic oxidation sites excluding steroid dienone is 10. The predicted octanol–water partition coefficient (Wildman–Crippen LogP) is 7.29. The van der Waals surface area contributed by atoms with Crippen molar-refractivity contribution in [2.45, 2.75) is 158 Å². The first-order valence-corrected chi connectivity index (χ1v) is 45.0. The number of para-hydroxylation sites is 1. The van der Waals surface area contributed by atoms with Gasteiger partial charge in [-0.2, -0.15) is 29.8 Å². The van der Waals surface area contributed by atoms with Crippen molar-refractivity contribution in [1.29, 1.82) is 0 Å². The van der Waals surface area contributed by atoms with Crippen molar-refractivity contribution in [3.63, 3.8) is 0 Å². The van der Waals surface area contributed by atoms with Gasteiger partial charge in [0, 0.05) is 99.9 Å². The van der Waals surface area contributed by atoms with Gasteiger partial charge in [-0.3, -0.25) is 47.2 Å². The molecule has 124 heavy (non-hydrogen) atoms. The molecule has 6 atom stereocenters. The Hall–Kier alpha value is -12.2. The molecule has 5 aromatic carbocycles. The van der Waals surface area contributed by atoms with Gasteiger partial charge in [-0.1, -0.05) is 153 Å². The number of carbonyl (C=O) groups excluding carboxylic acids is 7. The van der Waals surface area contributed by atoms with Crippen molar-refractivity contribution in [3.8, 4) is 5.75 Å². The summed E-state index contributed by atoms with van der Waals surface area (Å²) in [5, 5.41) is 48.4. The lowest BCUT2D eigenvalue weighted by molar-refractivity contribution is -0.437. The molecule has 0 fully saturated rings. The van der Waals surface area contributed by atoms with E-state index in [9.17, 15) is 97.1 Å². The first kappa shape index (κ1) is 97.2. The number of urea groups is 1. The first-order chi connectivity index (χ1) is 58.8. The number of ether oxygens (including phenoxy) is 1. The largest absolute Gasteiger partial charge is 0.481 e. The minimum atomic E-state index is -4.60. The second kappa shape index (κ2) is 45.8. The van der Waals surface area contributed by atoms with Gasteiger partial charge in [0.2, 0.25) is 41.1 Å². The summed E-state index contributed by atoms with van der Waals surface area (Å²) in [6.07, 6.45) is 14.5. The van der Waals surface area contributed by atoms with Gasteiger partial charge in [0.1, 0.15) is 48.3 Å². The topological polar surface area (TPSA) is 506 Å². The Morgan fingerprint density at radius 2 is 1.09 bits per heavy atom. The van der Waals surface area contributed by atoms with E-state index >= 15 is 0 Å². The van der Waals surface area contributed by atoms with Gasteiger partial charge in [-0.15, -0.1) is 0 Å². The second-order valence-corrected chi connectivity index (χ2v) is 35.4. The zero-order valence-corrected chi connectivity index (χ0v) is 71.4. The number of fused-ring (bicyclic) bond motifs is 1. The number of carbonyl (C=O) groups is 10. The Bertz CT molecular complexity index is 5290. The molecular weight excluding hydrogens is 1660 g/mol. The highest BCUT2D eigenvalue weighted by Gasteiger charge is 2.45. The summed E-state index contributed by atoms with van der Waals surface area (Å²) >= 11 is 0. The maximum absolute atomic E-state index is 14.9. The maximum atomic E-state index is 14.9. The van der Waals surface area contributed by atoms with Crippen LogP contribution in [-0.4, -0.2) is 210 Å². The van der Waals surface area contributed by atoms with Crippen molar-refractivity contribution in [2.24, 2.45) is 5.41 Å². The number of amides is 8. The molecule has 0 radical (unpaired) electrons. The minimum absolute atomic E-state index is 0.0148. The zero-order chi connectivity index (χ0) is 90.4. The molecule has 14 N–H and O–H groups in total. The maximum Gasteiger partial charge on any atom is 0.326 e. The van der Waals surface area contributed by atoms with Crippen LogP contribution in [-0.2, 0) is 98.2 Å². The summed E-state index contributed by atoms with van der Waals surface area (Å²) in [7, 11) is -13.3. The first-order valence-electron chi connectivity index (χ1n) is 40.3. The SMILES string of the molecule is C=C1/C=C\C=C/CN(CCCS(=O)(=O)O)/C(=C/C=C2\CCCC(/C=C/C3=[N+](CCCS(=O)(=O)O)c4ccccc4C3(C)C)=C2Oc2ccc(S(=O)(=O)O)cc2)C1(C)CCCC(=O)N[C@@H](Cc1ccccc1)C(=O)N[C@@H](Cc1ccccc1)C(=O)NCC(=O)NCCNC(=O)[C@H](Cc1ccccc1)NC(=O)CC[C@H](NC(=O)N[C@@H](CCC(=O)O)C(=O)O)C(=O)O. The molecule has 33 nitrogen and oxygen atoms in total. The van der Waals surface area contributed by atoms with Crippen LogP contribution in [0.3, 0.4) is 0 Å².